The molecule has 6 heteroatoms. The van der Waals surface area contributed by atoms with Gasteiger partial charge < -0.3 is 5.11 Å². The maximum absolute atomic E-state index is 12.5. The fraction of sp³-hybridized carbons (Fsp3) is 0.200. The van der Waals surface area contributed by atoms with Crippen molar-refractivity contribution in [2.24, 2.45) is 0 Å². The van der Waals surface area contributed by atoms with E-state index < -0.39 is 17.8 Å². The van der Waals surface area contributed by atoms with Gasteiger partial charge >= 0.3 is 6.18 Å². The molecule has 2 aromatic rings. The third-order valence-corrected chi connectivity index (χ3v) is 3.93. The van der Waals surface area contributed by atoms with Crippen molar-refractivity contribution < 1.29 is 18.3 Å². The van der Waals surface area contributed by atoms with E-state index >= 15 is 0 Å². The summed E-state index contributed by atoms with van der Waals surface area (Å²) in [7, 11) is 0. The second-order valence-corrected chi connectivity index (χ2v) is 5.34. The van der Waals surface area contributed by atoms with Gasteiger partial charge in [0, 0.05) is 6.42 Å². The minimum atomic E-state index is -4.39. The van der Waals surface area contributed by atoms with E-state index in [0.29, 0.717) is 21.2 Å². The standard InChI is InChI=1S/C15H11Cl2F3O/c16-12-3-1-2-10(14(12)17)8-13(21)9-4-6-11(7-5-9)15(18,19)20/h1-7,13,21H,8H2. The van der Waals surface area contributed by atoms with Crippen LogP contribution in [0.25, 0.3) is 0 Å². The van der Waals surface area contributed by atoms with Crippen molar-refractivity contribution in [3.8, 4) is 0 Å². The summed E-state index contributed by atoms with van der Waals surface area (Å²) >= 11 is 11.9. The molecule has 0 saturated heterocycles. The molecule has 0 aliphatic rings. The molecule has 1 nitrogen and oxygen atoms in total. The van der Waals surface area contributed by atoms with Gasteiger partial charge in [0.2, 0.25) is 0 Å². The molecular formula is C15H11Cl2F3O. The summed E-state index contributed by atoms with van der Waals surface area (Å²) < 4.78 is 37.4. The van der Waals surface area contributed by atoms with Gasteiger partial charge in [-0.15, -0.1) is 0 Å². The average molecular weight is 335 g/mol. The Morgan fingerprint density at radius 1 is 1.00 bits per heavy atom. The first-order valence-corrected chi connectivity index (χ1v) is 6.82. The normalized spacial score (nSPS) is 13.2. The van der Waals surface area contributed by atoms with Crippen LogP contribution >= 0.6 is 23.2 Å². The van der Waals surface area contributed by atoms with Gasteiger partial charge in [-0.3, -0.25) is 0 Å². The number of halogens is 5. The van der Waals surface area contributed by atoms with Gasteiger partial charge in [-0.2, -0.15) is 13.2 Å². The largest absolute Gasteiger partial charge is 0.416 e. The van der Waals surface area contributed by atoms with Gasteiger partial charge in [0.15, 0.2) is 0 Å². The molecule has 112 valence electrons. The lowest BCUT2D eigenvalue weighted by Gasteiger charge is -2.14. The van der Waals surface area contributed by atoms with Crippen LogP contribution < -0.4 is 0 Å². The van der Waals surface area contributed by atoms with Crippen molar-refractivity contribution in [1.82, 2.24) is 0 Å². The summed E-state index contributed by atoms with van der Waals surface area (Å²) in [4.78, 5) is 0. The number of aliphatic hydroxyl groups excluding tert-OH is 1. The van der Waals surface area contributed by atoms with E-state index in [9.17, 15) is 18.3 Å². The average Bonchev–Trinajstić information content (AvgIpc) is 2.43. The maximum atomic E-state index is 12.5. The van der Waals surface area contributed by atoms with E-state index in [1.165, 1.54) is 12.1 Å². The quantitative estimate of drug-likeness (QED) is 0.808. The van der Waals surface area contributed by atoms with E-state index in [1.54, 1.807) is 18.2 Å². The highest BCUT2D eigenvalue weighted by Gasteiger charge is 2.30. The van der Waals surface area contributed by atoms with Crippen molar-refractivity contribution in [1.29, 1.82) is 0 Å². The summed E-state index contributed by atoms with van der Waals surface area (Å²) in [6.45, 7) is 0. The van der Waals surface area contributed by atoms with Crippen LogP contribution in [0.4, 0.5) is 13.2 Å². The first-order chi connectivity index (χ1) is 9.79. The maximum Gasteiger partial charge on any atom is 0.416 e. The zero-order valence-corrected chi connectivity index (χ0v) is 12.2. The van der Waals surface area contributed by atoms with Gasteiger partial charge in [-0.1, -0.05) is 47.5 Å². The molecule has 2 aromatic carbocycles. The number of rotatable bonds is 3. The smallest absolute Gasteiger partial charge is 0.388 e. The van der Waals surface area contributed by atoms with Gasteiger partial charge in [0.1, 0.15) is 0 Å². The number of benzene rings is 2. The number of hydrogen-bond acceptors (Lipinski definition) is 1. The Hall–Kier alpha value is -1.23. The summed E-state index contributed by atoms with van der Waals surface area (Å²) in [6, 6.07) is 9.43. The van der Waals surface area contributed by atoms with Crippen molar-refractivity contribution in [3.63, 3.8) is 0 Å². The summed E-state index contributed by atoms with van der Waals surface area (Å²) in [5.41, 5.74) is 0.273. The Morgan fingerprint density at radius 2 is 1.62 bits per heavy atom. The highest BCUT2D eigenvalue weighted by molar-refractivity contribution is 6.42. The van der Waals surface area contributed by atoms with E-state index in [4.69, 9.17) is 23.2 Å². The monoisotopic (exact) mass is 334 g/mol. The minimum absolute atomic E-state index is 0.171. The van der Waals surface area contributed by atoms with Crippen LogP contribution in [0, 0.1) is 0 Å². The van der Waals surface area contributed by atoms with Crippen LogP contribution in [0.2, 0.25) is 10.0 Å². The van der Waals surface area contributed by atoms with Crippen LogP contribution in [-0.4, -0.2) is 5.11 Å². The fourth-order valence-corrected chi connectivity index (χ4v) is 2.32. The minimum Gasteiger partial charge on any atom is -0.388 e. The zero-order valence-electron chi connectivity index (χ0n) is 10.7. The van der Waals surface area contributed by atoms with Gasteiger partial charge in [-0.05, 0) is 29.3 Å². The van der Waals surface area contributed by atoms with Crippen LogP contribution in [0.3, 0.4) is 0 Å². The lowest BCUT2D eigenvalue weighted by molar-refractivity contribution is -0.137. The molecular weight excluding hydrogens is 324 g/mol. The highest BCUT2D eigenvalue weighted by Crippen LogP contribution is 2.32. The molecule has 1 atom stereocenters. The Labute approximate surface area is 129 Å². The molecule has 0 fully saturated rings. The summed E-state index contributed by atoms with van der Waals surface area (Å²) in [5, 5.41) is 10.8. The van der Waals surface area contributed by atoms with Crippen LogP contribution in [0.15, 0.2) is 42.5 Å². The number of hydrogen-bond donors (Lipinski definition) is 1. The van der Waals surface area contributed by atoms with E-state index in [-0.39, 0.29) is 6.42 Å². The topological polar surface area (TPSA) is 20.2 Å². The first-order valence-electron chi connectivity index (χ1n) is 6.07. The summed E-state index contributed by atoms with van der Waals surface area (Å²) in [5.74, 6) is 0. The Kier molecular flexibility index (Phi) is 4.81. The van der Waals surface area contributed by atoms with Crippen LogP contribution in [0.1, 0.15) is 22.8 Å². The second-order valence-electron chi connectivity index (χ2n) is 4.55. The molecule has 21 heavy (non-hydrogen) atoms. The molecule has 0 spiro atoms. The molecule has 0 radical (unpaired) electrons. The SMILES string of the molecule is OC(Cc1cccc(Cl)c1Cl)c1ccc(C(F)(F)F)cc1. The lowest BCUT2D eigenvalue weighted by atomic mass is 10.0. The van der Waals surface area contributed by atoms with Crippen molar-refractivity contribution in [2.45, 2.75) is 18.7 Å². The van der Waals surface area contributed by atoms with E-state index in [1.807, 2.05) is 0 Å². The molecule has 0 bridgehead atoms. The van der Waals surface area contributed by atoms with Gasteiger partial charge in [0.25, 0.3) is 0 Å². The van der Waals surface area contributed by atoms with Crippen molar-refractivity contribution in [2.75, 3.05) is 0 Å². The van der Waals surface area contributed by atoms with Crippen LogP contribution in [0.5, 0.6) is 0 Å². The second kappa shape index (κ2) is 6.26. The molecule has 0 aliphatic heterocycles. The Balaban J connectivity index is 2.17. The van der Waals surface area contributed by atoms with Crippen molar-refractivity contribution in [3.05, 3.63) is 69.2 Å². The highest BCUT2D eigenvalue weighted by atomic mass is 35.5. The zero-order chi connectivity index (χ0) is 15.6. The van der Waals surface area contributed by atoms with Crippen molar-refractivity contribution >= 4 is 23.2 Å². The Morgan fingerprint density at radius 3 is 2.19 bits per heavy atom. The van der Waals surface area contributed by atoms with Crippen LogP contribution in [-0.2, 0) is 12.6 Å². The Bertz CT molecular complexity index is 624. The molecule has 1 N–H and O–H groups in total. The molecule has 0 saturated carbocycles. The third-order valence-electron chi connectivity index (χ3n) is 3.07. The third kappa shape index (κ3) is 3.90. The number of aliphatic hydroxyl groups is 1. The van der Waals surface area contributed by atoms with Gasteiger partial charge in [-0.25, -0.2) is 0 Å². The molecule has 0 aromatic heterocycles. The molecule has 2 rings (SSSR count). The predicted molar refractivity (Wildman–Crippen MR) is 76.6 cm³/mol. The molecule has 1 unspecified atom stereocenters. The number of alkyl halides is 3. The molecule has 0 aliphatic carbocycles. The van der Waals surface area contributed by atoms with E-state index in [2.05, 4.69) is 0 Å². The first kappa shape index (κ1) is 16.1. The molecule has 0 amide bonds. The predicted octanol–water partition coefficient (Wildman–Crippen LogP) is 5.29. The van der Waals surface area contributed by atoms with Gasteiger partial charge in [0.05, 0.1) is 21.7 Å². The fourth-order valence-electron chi connectivity index (χ4n) is 1.93. The van der Waals surface area contributed by atoms with E-state index in [0.717, 1.165) is 12.1 Å². The summed E-state index contributed by atoms with van der Waals surface area (Å²) in [6.07, 6.45) is -5.17. The molecule has 0 heterocycles. The lowest BCUT2D eigenvalue weighted by Crippen LogP contribution is -2.06.